The van der Waals surface area contributed by atoms with Crippen LogP contribution in [-0.2, 0) is 4.12 Å². The Balaban J connectivity index is 3.08. The second-order valence-electron chi connectivity index (χ2n) is 1.59. The van der Waals surface area contributed by atoms with Crippen LogP contribution in [0.3, 0.4) is 0 Å². The van der Waals surface area contributed by atoms with Crippen molar-refractivity contribution in [2.45, 2.75) is 13.8 Å². The largest absolute Gasteiger partial charge is 0.458 e. The first-order valence-corrected chi connectivity index (χ1v) is 3.99. The Labute approximate surface area is 50.3 Å². The molecule has 0 saturated carbocycles. The monoisotopic (exact) mass is 129 g/mol. The van der Waals surface area contributed by atoms with E-state index in [4.69, 9.17) is 4.12 Å². The second-order valence-corrected chi connectivity index (χ2v) is 3.49. The Morgan fingerprint density at radius 2 is 2.29 bits per heavy atom. The van der Waals surface area contributed by atoms with Gasteiger partial charge in [0.2, 0.25) is 10.5 Å². The van der Waals surface area contributed by atoms with E-state index in [0.29, 0.717) is 0 Å². The summed E-state index contributed by atoms with van der Waals surface area (Å²) in [6.07, 6.45) is 0. The van der Waals surface area contributed by atoms with Crippen LogP contribution in [0.1, 0.15) is 13.8 Å². The van der Waals surface area contributed by atoms with E-state index in [0.717, 1.165) is 0 Å². The van der Waals surface area contributed by atoms with E-state index >= 15 is 0 Å². The van der Waals surface area contributed by atoms with E-state index < -0.39 is 0 Å². The zero-order valence-corrected chi connectivity index (χ0v) is 7.11. The first-order chi connectivity index (χ1) is 3.27. The highest BCUT2D eigenvalue weighted by molar-refractivity contribution is 6.40. The molecule has 0 aliphatic carbocycles. The maximum atomic E-state index is 4.72. The van der Waals surface area contributed by atoms with Crippen molar-refractivity contribution in [1.29, 1.82) is 0 Å². The summed E-state index contributed by atoms with van der Waals surface area (Å²) >= 11 is 0. The summed E-state index contributed by atoms with van der Waals surface area (Å²) in [7, 11) is 2.56. The Morgan fingerprint density at radius 1 is 1.71 bits per heavy atom. The fourth-order valence-electron chi connectivity index (χ4n) is 0.208. The Hall–Kier alpha value is 0.134. The van der Waals surface area contributed by atoms with Crippen molar-refractivity contribution < 1.29 is 4.12 Å². The first-order valence-electron chi connectivity index (χ1n) is 2.19. The molecule has 0 fully saturated rings. The highest BCUT2D eigenvalue weighted by atomic mass is 28.3. The van der Waals surface area contributed by atoms with E-state index in [-0.39, 0.29) is 9.76 Å². The second kappa shape index (κ2) is 4.30. The van der Waals surface area contributed by atoms with E-state index in [2.05, 4.69) is 30.0 Å². The number of hydrogen-bond donors (Lipinski definition) is 0. The molecule has 0 amide bonds. The molecule has 0 spiro atoms. The van der Waals surface area contributed by atoms with Gasteiger partial charge in [-0.05, 0) is 13.8 Å². The molecule has 1 nitrogen and oxygen atoms in total. The van der Waals surface area contributed by atoms with Gasteiger partial charge in [0.1, 0.15) is 0 Å². The average Bonchev–Trinajstić information content (AvgIpc) is 1.61. The lowest BCUT2D eigenvalue weighted by atomic mass is 10.4. The molecule has 7 heavy (non-hydrogen) atoms. The summed E-state index contributed by atoms with van der Waals surface area (Å²) in [6.45, 7) is 4.14. The molecule has 0 unspecified atom stereocenters. The molecule has 0 aliphatic rings. The number of allylic oxidation sites excluding steroid dienone is 1. The molecule has 0 atom stereocenters. The average molecular weight is 129 g/mol. The highest BCUT2D eigenvalue weighted by Gasteiger charge is 1.74. The van der Waals surface area contributed by atoms with E-state index in [9.17, 15) is 0 Å². The molecule has 39 valence electrons. The van der Waals surface area contributed by atoms with Crippen LogP contribution in [0.15, 0.2) is 11.3 Å². The molecule has 0 aromatic heterocycles. The Kier molecular flexibility index (Phi) is 4.38. The molecule has 0 aliphatic heterocycles. The quantitative estimate of drug-likeness (QED) is 0.480. The zero-order valence-electron chi connectivity index (χ0n) is 4.69. The van der Waals surface area contributed by atoms with Crippen molar-refractivity contribution in [1.82, 2.24) is 0 Å². The molecule has 0 saturated heterocycles. The smallest absolute Gasteiger partial charge is 0.229 e. The zero-order chi connectivity index (χ0) is 5.70. The van der Waals surface area contributed by atoms with Gasteiger partial charge in [0, 0.05) is 0 Å². The maximum Gasteiger partial charge on any atom is 0.229 e. The van der Waals surface area contributed by atoms with Crippen molar-refractivity contribution in [3.05, 3.63) is 11.3 Å². The topological polar surface area (TPSA) is 9.23 Å². The molecule has 3 radical (unpaired) electrons. The van der Waals surface area contributed by atoms with Gasteiger partial charge in [-0.2, -0.15) is 0 Å². The van der Waals surface area contributed by atoms with Crippen LogP contribution in [0.2, 0.25) is 0 Å². The van der Waals surface area contributed by atoms with Crippen molar-refractivity contribution in [3.63, 3.8) is 0 Å². The molecule has 0 heterocycles. The molecule has 0 aromatic rings. The third kappa shape index (κ3) is 6.13. The first kappa shape index (κ1) is 7.13. The highest BCUT2D eigenvalue weighted by Crippen LogP contribution is 1.83. The van der Waals surface area contributed by atoms with Gasteiger partial charge in [-0.15, -0.1) is 0 Å². The molecule has 0 rings (SSSR count). The summed E-state index contributed by atoms with van der Waals surface area (Å²) in [5.41, 5.74) is 3.47. The van der Waals surface area contributed by atoms with Crippen LogP contribution in [0, 0.1) is 0 Å². The Bertz CT molecular complexity index is 66.1. The minimum Gasteiger partial charge on any atom is -0.458 e. The molecular formula is C4H9OSi2. The summed E-state index contributed by atoms with van der Waals surface area (Å²) < 4.78 is 4.72. The summed E-state index contributed by atoms with van der Waals surface area (Å²) in [4.78, 5) is 0. The third-order valence-corrected chi connectivity index (χ3v) is 2.22. The van der Waals surface area contributed by atoms with Gasteiger partial charge in [0.15, 0.2) is 9.76 Å². The molecule has 0 bridgehead atoms. The van der Waals surface area contributed by atoms with Crippen LogP contribution in [0.25, 0.3) is 0 Å². The number of rotatable bonds is 2. The van der Waals surface area contributed by atoms with Crippen molar-refractivity contribution in [2.75, 3.05) is 0 Å². The maximum absolute atomic E-state index is 4.72. The Morgan fingerprint density at radius 3 is 2.43 bits per heavy atom. The van der Waals surface area contributed by atoms with Gasteiger partial charge in [0.05, 0.1) is 0 Å². The lowest BCUT2D eigenvalue weighted by Gasteiger charge is -1.86. The predicted molar refractivity (Wildman–Crippen MR) is 34.8 cm³/mol. The van der Waals surface area contributed by atoms with Crippen LogP contribution < -0.4 is 0 Å². The van der Waals surface area contributed by atoms with Gasteiger partial charge in [0.25, 0.3) is 0 Å². The lowest BCUT2D eigenvalue weighted by Crippen LogP contribution is -1.89. The molecule has 0 N–H and O–H groups in total. The fraction of sp³-hybridized carbons (Fsp3) is 0.500. The van der Waals surface area contributed by atoms with Gasteiger partial charge >= 0.3 is 0 Å². The number of hydrogen-bond acceptors (Lipinski definition) is 1. The summed E-state index contributed by atoms with van der Waals surface area (Å²) in [5.74, 6) is 0. The van der Waals surface area contributed by atoms with Crippen LogP contribution in [0.5, 0.6) is 0 Å². The minimum atomic E-state index is -0.374. The van der Waals surface area contributed by atoms with Crippen molar-refractivity contribution in [2.24, 2.45) is 0 Å². The molecular weight excluding hydrogens is 120 g/mol. The van der Waals surface area contributed by atoms with Crippen molar-refractivity contribution in [3.8, 4) is 0 Å². The van der Waals surface area contributed by atoms with E-state index in [1.807, 2.05) is 0 Å². The normalized spacial score (nSPS) is 10.1. The molecule has 0 aromatic carbocycles. The molecule has 3 heteroatoms. The standard InChI is InChI=1S/C4H9OSi2/c1-4(2)3-7-5-6/h3H,7H2,1-2H3. The lowest BCUT2D eigenvalue weighted by molar-refractivity contribution is 0.675. The summed E-state index contributed by atoms with van der Waals surface area (Å²) in [6, 6.07) is 0. The van der Waals surface area contributed by atoms with Gasteiger partial charge < -0.3 is 4.12 Å². The van der Waals surface area contributed by atoms with Gasteiger partial charge in [-0.3, -0.25) is 0 Å². The fourth-order valence-corrected chi connectivity index (χ4v) is 0.875. The summed E-state index contributed by atoms with van der Waals surface area (Å²) in [5, 5.41) is 0. The van der Waals surface area contributed by atoms with Crippen LogP contribution in [-0.4, -0.2) is 20.2 Å². The van der Waals surface area contributed by atoms with Crippen LogP contribution >= 0.6 is 0 Å². The van der Waals surface area contributed by atoms with Crippen molar-refractivity contribution >= 4 is 20.2 Å². The van der Waals surface area contributed by atoms with E-state index in [1.165, 1.54) is 5.57 Å². The third-order valence-electron chi connectivity index (χ3n) is 0.575. The predicted octanol–water partition coefficient (Wildman–Crippen LogP) is 0.0940. The van der Waals surface area contributed by atoms with Crippen LogP contribution in [0.4, 0.5) is 0 Å². The van der Waals surface area contributed by atoms with E-state index in [1.54, 1.807) is 0 Å². The SMILES string of the molecule is CC(C)=C[SiH2]O[Si]. The minimum absolute atomic E-state index is 0.374. The van der Waals surface area contributed by atoms with Gasteiger partial charge in [-0.1, -0.05) is 11.3 Å². The van der Waals surface area contributed by atoms with Gasteiger partial charge in [-0.25, -0.2) is 0 Å².